The quantitative estimate of drug-likeness (QED) is 0.906. The summed E-state index contributed by atoms with van der Waals surface area (Å²) in [6, 6.07) is 8.01. The molecule has 1 fully saturated rings. The van der Waals surface area contributed by atoms with E-state index >= 15 is 0 Å². The smallest absolute Gasteiger partial charge is 0.306 e. The Hall–Kier alpha value is -2.25. The van der Waals surface area contributed by atoms with Gasteiger partial charge >= 0.3 is 5.97 Å². The molecule has 1 amide bonds. The molecule has 1 aromatic heterocycles. The highest BCUT2D eigenvalue weighted by atomic mass is 32.1. The van der Waals surface area contributed by atoms with Gasteiger partial charge in [0.2, 0.25) is 0 Å². The minimum absolute atomic E-state index is 0.117. The molecule has 1 N–H and O–H groups in total. The minimum Gasteiger partial charge on any atom is -0.481 e. The molecule has 0 saturated carbocycles. The van der Waals surface area contributed by atoms with E-state index < -0.39 is 12.1 Å². The molecule has 2 aromatic rings. The van der Waals surface area contributed by atoms with Crippen LogP contribution in [-0.2, 0) is 9.53 Å². The first-order valence-corrected chi connectivity index (χ1v) is 8.74. The summed E-state index contributed by atoms with van der Waals surface area (Å²) in [5, 5.41) is 8.88. The number of rotatable bonds is 4. The van der Waals surface area contributed by atoms with E-state index in [1.807, 2.05) is 13.0 Å². The number of aliphatic carboxylic acids is 1. The normalized spacial score (nSPS) is 17.5. The van der Waals surface area contributed by atoms with E-state index in [9.17, 15) is 14.0 Å². The van der Waals surface area contributed by atoms with E-state index in [-0.39, 0.29) is 24.7 Å². The van der Waals surface area contributed by atoms with Crippen molar-refractivity contribution in [1.82, 2.24) is 4.90 Å². The summed E-state index contributed by atoms with van der Waals surface area (Å²) >= 11 is 1.36. The summed E-state index contributed by atoms with van der Waals surface area (Å²) in [7, 11) is 0. The van der Waals surface area contributed by atoms with Gasteiger partial charge in [0, 0.05) is 18.0 Å². The lowest BCUT2D eigenvalue weighted by Crippen LogP contribution is -2.46. The Morgan fingerprint density at radius 3 is 2.76 bits per heavy atom. The molecule has 25 heavy (non-hydrogen) atoms. The number of carbonyl (C=O) groups is 2. The van der Waals surface area contributed by atoms with Crippen LogP contribution in [-0.4, -0.2) is 47.7 Å². The van der Waals surface area contributed by atoms with Gasteiger partial charge in [0.25, 0.3) is 5.91 Å². The molecule has 2 heterocycles. The van der Waals surface area contributed by atoms with Gasteiger partial charge in [0.15, 0.2) is 0 Å². The minimum atomic E-state index is -0.940. The highest BCUT2D eigenvalue weighted by Gasteiger charge is 2.27. The molecular weight excluding hydrogens is 345 g/mol. The Balaban J connectivity index is 1.77. The van der Waals surface area contributed by atoms with Gasteiger partial charge in [0.05, 0.1) is 24.0 Å². The van der Waals surface area contributed by atoms with Crippen LogP contribution >= 0.6 is 11.3 Å². The van der Waals surface area contributed by atoms with Gasteiger partial charge in [-0.05, 0) is 36.2 Å². The first kappa shape index (κ1) is 17.6. The number of halogens is 1. The van der Waals surface area contributed by atoms with Crippen LogP contribution in [0, 0.1) is 12.7 Å². The Morgan fingerprint density at radius 2 is 2.08 bits per heavy atom. The zero-order valence-corrected chi connectivity index (χ0v) is 14.5. The molecule has 132 valence electrons. The fourth-order valence-electron chi connectivity index (χ4n) is 2.85. The summed E-state index contributed by atoms with van der Waals surface area (Å²) in [4.78, 5) is 26.7. The lowest BCUT2D eigenvalue weighted by molar-refractivity contribution is -0.141. The molecule has 0 radical (unpaired) electrons. The summed E-state index contributed by atoms with van der Waals surface area (Å²) in [5.74, 6) is -1.36. The van der Waals surface area contributed by atoms with Crippen molar-refractivity contribution >= 4 is 23.2 Å². The van der Waals surface area contributed by atoms with Gasteiger partial charge in [-0.1, -0.05) is 12.1 Å². The summed E-state index contributed by atoms with van der Waals surface area (Å²) in [6.07, 6.45) is -0.596. The maximum atomic E-state index is 13.1. The molecule has 0 aliphatic carbocycles. The number of ether oxygens (including phenoxy) is 1. The zero-order chi connectivity index (χ0) is 18.0. The standard InChI is InChI=1S/C18H18FNO4S/c1-11-8-15(25-17(11)12-2-4-13(19)5-3-12)18(23)20-6-7-24-14(10-20)9-16(21)22/h2-5,8,14H,6-7,9-10H2,1H3,(H,21,22). The number of benzene rings is 1. The Bertz CT molecular complexity index is 787. The summed E-state index contributed by atoms with van der Waals surface area (Å²) in [5.41, 5.74) is 1.82. The molecule has 1 saturated heterocycles. The molecule has 1 aliphatic rings. The second-order valence-electron chi connectivity index (χ2n) is 5.97. The monoisotopic (exact) mass is 363 g/mol. The van der Waals surface area contributed by atoms with E-state index in [4.69, 9.17) is 9.84 Å². The molecule has 1 atom stereocenters. The Labute approximate surface area is 148 Å². The van der Waals surface area contributed by atoms with Gasteiger partial charge in [-0.25, -0.2) is 4.39 Å². The Kier molecular flexibility index (Phi) is 5.15. The Morgan fingerprint density at radius 1 is 1.36 bits per heavy atom. The molecule has 7 heteroatoms. The number of carboxylic acids is 1. The van der Waals surface area contributed by atoms with Gasteiger partial charge in [-0.2, -0.15) is 0 Å². The zero-order valence-electron chi connectivity index (χ0n) is 13.7. The predicted octanol–water partition coefficient (Wildman–Crippen LogP) is 3.18. The highest BCUT2D eigenvalue weighted by Crippen LogP contribution is 2.33. The number of carboxylic acid groups (broad SMARTS) is 1. The van der Waals surface area contributed by atoms with Gasteiger partial charge in [0.1, 0.15) is 5.82 Å². The van der Waals surface area contributed by atoms with Crippen molar-refractivity contribution in [3.8, 4) is 10.4 Å². The van der Waals surface area contributed by atoms with Gasteiger partial charge < -0.3 is 14.7 Å². The average molecular weight is 363 g/mol. The fraction of sp³-hybridized carbons (Fsp3) is 0.333. The van der Waals surface area contributed by atoms with Crippen LogP contribution in [0.1, 0.15) is 21.7 Å². The molecule has 1 aliphatic heterocycles. The van der Waals surface area contributed by atoms with E-state index in [2.05, 4.69) is 0 Å². The lowest BCUT2D eigenvalue weighted by atomic mass is 10.1. The van der Waals surface area contributed by atoms with Crippen molar-refractivity contribution < 1.29 is 23.8 Å². The largest absolute Gasteiger partial charge is 0.481 e. The third kappa shape index (κ3) is 4.05. The molecule has 1 aromatic carbocycles. The van der Waals surface area contributed by atoms with E-state index in [1.54, 1.807) is 17.0 Å². The first-order valence-electron chi connectivity index (χ1n) is 7.93. The SMILES string of the molecule is Cc1cc(C(=O)N2CCOC(CC(=O)O)C2)sc1-c1ccc(F)cc1. The number of aryl methyl sites for hydroxylation is 1. The van der Waals surface area contributed by atoms with Crippen molar-refractivity contribution in [2.75, 3.05) is 19.7 Å². The second kappa shape index (κ2) is 7.33. The van der Waals surface area contributed by atoms with Crippen molar-refractivity contribution in [1.29, 1.82) is 0 Å². The second-order valence-corrected chi connectivity index (χ2v) is 7.02. The number of amides is 1. The third-order valence-electron chi connectivity index (χ3n) is 4.06. The van der Waals surface area contributed by atoms with Crippen molar-refractivity contribution in [2.45, 2.75) is 19.4 Å². The van der Waals surface area contributed by atoms with Crippen LogP contribution in [0.3, 0.4) is 0 Å². The fourth-order valence-corrected chi connectivity index (χ4v) is 4.00. The van der Waals surface area contributed by atoms with Gasteiger partial charge in [-0.15, -0.1) is 11.3 Å². The summed E-state index contributed by atoms with van der Waals surface area (Å²) in [6.45, 7) is 2.96. The van der Waals surface area contributed by atoms with E-state index in [1.165, 1.54) is 23.5 Å². The van der Waals surface area contributed by atoms with Crippen LogP contribution in [0.5, 0.6) is 0 Å². The number of carbonyl (C=O) groups excluding carboxylic acids is 1. The molecule has 0 spiro atoms. The number of nitrogens with zero attached hydrogens (tertiary/aromatic N) is 1. The van der Waals surface area contributed by atoms with Gasteiger partial charge in [-0.3, -0.25) is 9.59 Å². The molecule has 5 nitrogen and oxygen atoms in total. The average Bonchev–Trinajstić information content (AvgIpc) is 2.96. The van der Waals surface area contributed by atoms with Crippen molar-refractivity contribution in [3.63, 3.8) is 0 Å². The third-order valence-corrected chi connectivity index (χ3v) is 5.34. The molecule has 0 bridgehead atoms. The first-order chi connectivity index (χ1) is 11.9. The number of morpholine rings is 1. The van der Waals surface area contributed by atoms with Crippen LogP contribution in [0.15, 0.2) is 30.3 Å². The number of hydrogen-bond acceptors (Lipinski definition) is 4. The number of thiophene rings is 1. The maximum Gasteiger partial charge on any atom is 0.306 e. The molecule has 3 rings (SSSR count). The molecule has 1 unspecified atom stereocenters. The van der Waals surface area contributed by atoms with E-state index in [0.717, 1.165) is 16.0 Å². The van der Waals surface area contributed by atoms with Crippen molar-refractivity contribution in [2.24, 2.45) is 0 Å². The number of hydrogen-bond donors (Lipinski definition) is 1. The highest BCUT2D eigenvalue weighted by molar-refractivity contribution is 7.17. The predicted molar refractivity (Wildman–Crippen MR) is 92.3 cm³/mol. The molecular formula is C18H18FNO4S. The van der Waals surface area contributed by atoms with Crippen LogP contribution < -0.4 is 0 Å². The van der Waals surface area contributed by atoms with Crippen LogP contribution in [0.2, 0.25) is 0 Å². The summed E-state index contributed by atoms with van der Waals surface area (Å²) < 4.78 is 18.5. The van der Waals surface area contributed by atoms with Crippen LogP contribution in [0.4, 0.5) is 4.39 Å². The lowest BCUT2D eigenvalue weighted by Gasteiger charge is -2.32. The van der Waals surface area contributed by atoms with Crippen molar-refractivity contribution in [3.05, 3.63) is 46.6 Å². The topological polar surface area (TPSA) is 66.8 Å². The van der Waals surface area contributed by atoms with Crippen LogP contribution in [0.25, 0.3) is 10.4 Å². The maximum absolute atomic E-state index is 13.1. The van der Waals surface area contributed by atoms with E-state index in [0.29, 0.717) is 18.0 Å².